The van der Waals surface area contributed by atoms with E-state index in [0.717, 1.165) is 32.1 Å². The summed E-state index contributed by atoms with van der Waals surface area (Å²) in [6.45, 7) is 3.67. The molecular formula is C13H25F3N2. The highest BCUT2D eigenvalue weighted by Gasteiger charge is 2.37. The number of nitrogens with two attached hydrogens (primary N) is 1. The second-order valence-electron chi connectivity index (χ2n) is 5.40. The Labute approximate surface area is 108 Å². The summed E-state index contributed by atoms with van der Waals surface area (Å²) in [5.41, 5.74) is 6.04. The van der Waals surface area contributed by atoms with Gasteiger partial charge in [-0.15, -0.1) is 0 Å². The molecule has 0 radical (unpaired) electrons. The van der Waals surface area contributed by atoms with Gasteiger partial charge < -0.3 is 5.73 Å². The molecule has 1 aliphatic carbocycles. The first-order valence-corrected chi connectivity index (χ1v) is 6.93. The van der Waals surface area contributed by atoms with Gasteiger partial charge in [0.2, 0.25) is 0 Å². The maximum atomic E-state index is 12.6. The van der Waals surface area contributed by atoms with E-state index in [1.165, 1.54) is 0 Å². The minimum absolute atomic E-state index is 0.106. The molecule has 0 aliphatic heterocycles. The third-order valence-corrected chi connectivity index (χ3v) is 3.92. The van der Waals surface area contributed by atoms with Crippen LogP contribution >= 0.6 is 0 Å². The van der Waals surface area contributed by atoms with Gasteiger partial charge in [-0.3, -0.25) is 4.90 Å². The molecule has 0 aromatic rings. The van der Waals surface area contributed by atoms with Crippen molar-refractivity contribution in [2.75, 3.05) is 13.1 Å². The Hall–Kier alpha value is -0.290. The van der Waals surface area contributed by atoms with Crippen LogP contribution in [0.2, 0.25) is 0 Å². The summed E-state index contributed by atoms with van der Waals surface area (Å²) in [6, 6.07) is -0.216. The van der Waals surface area contributed by atoms with Crippen LogP contribution in [0.25, 0.3) is 0 Å². The number of hydrogen-bond acceptors (Lipinski definition) is 2. The van der Waals surface area contributed by atoms with E-state index in [1.54, 1.807) is 4.90 Å². The van der Waals surface area contributed by atoms with Gasteiger partial charge in [-0.2, -0.15) is 13.2 Å². The predicted octanol–water partition coefficient (Wildman–Crippen LogP) is 3.17. The lowest BCUT2D eigenvalue weighted by atomic mass is 9.80. The van der Waals surface area contributed by atoms with Gasteiger partial charge in [-0.1, -0.05) is 20.3 Å². The molecule has 18 heavy (non-hydrogen) atoms. The fourth-order valence-electron chi connectivity index (χ4n) is 2.92. The van der Waals surface area contributed by atoms with E-state index >= 15 is 0 Å². The zero-order chi connectivity index (χ0) is 13.8. The largest absolute Gasteiger partial charge is 0.401 e. The monoisotopic (exact) mass is 266 g/mol. The number of hydrogen-bond donors (Lipinski definition) is 1. The molecule has 1 fully saturated rings. The first-order valence-electron chi connectivity index (χ1n) is 6.93. The standard InChI is InChI=1S/C13H25F3N2/c1-3-7-18(9-13(14,15)16)12-8-10(4-2)5-6-11(12)17/h10-12H,3-9,17H2,1-2H3. The highest BCUT2D eigenvalue weighted by Crippen LogP contribution is 2.31. The second kappa shape index (κ2) is 6.75. The fourth-order valence-corrected chi connectivity index (χ4v) is 2.92. The average molecular weight is 266 g/mol. The van der Waals surface area contributed by atoms with Gasteiger partial charge >= 0.3 is 6.18 Å². The molecule has 0 amide bonds. The highest BCUT2D eigenvalue weighted by molar-refractivity contribution is 4.89. The summed E-state index contributed by atoms with van der Waals surface area (Å²) in [4.78, 5) is 1.55. The van der Waals surface area contributed by atoms with Crippen LogP contribution in [0.15, 0.2) is 0 Å². The van der Waals surface area contributed by atoms with Crippen molar-refractivity contribution < 1.29 is 13.2 Å². The molecule has 2 N–H and O–H groups in total. The van der Waals surface area contributed by atoms with Crippen LogP contribution in [0.5, 0.6) is 0 Å². The third kappa shape index (κ3) is 4.76. The maximum absolute atomic E-state index is 12.6. The molecule has 108 valence electrons. The Balaban J connectivity index is 2.69. The molecule has 0 aromatic carbocycles. The molecule has 0 spiro atoms. The van der Waals surface area contributed by atoms with Gasteiger partial charge in [0, 0.05) is 12.1 Å². The molecule has 0 aromatic heterocycles. The van der Waals surface area contributed by atoms with E-state index in [0.29, 0.717) is 12.5 Å². The van der Waals surface area contributed by atoms with E-state index in [1.807, 2.05) is 6.92 Å². The van der Waals surface area contributed by atoms with Gasteiger partial charge in [-0.25, -0.2) is 0 Å². The molecule has 3 unspecified atom stereocenters. The SMILES string of the molecule is CCCN(CC(F)(F)F)C1CC(CC)CCC1N. The van der Waals surface area contributed by atoms with Crippen LogP contribution in [-0.2, 0) is 0 Å². The van der Waals surface area contributed by atoms with Crippen molar-refractivity contribution in [3.05, 3.63) is 0 Å². The summed E-state index contributed by atoms with van der Waals surface area (Å²) in [5, 5.41) is 0. The van der Waals surface area contributed by atoms with Gasteiger partial charge in [0.05, 0.1) is 6.54 Å². The summed E-state index contributed by atoms with van der Waals surface area (Å²) < 4.78 is 37.8. The van der Waals surface area contributed by atoms with Crippen LogP contribution in [0, 0.1) is 5.92 Å². The Morgan fingerprint density at radius 2 is 1.89 bits per heavy atom. The first kappa shape index (κ1) is 15.8. The van der Waals surface area contributed by atoms with Crippen molar-refractivity contribution in [1.29, 1.82) is 0 Å². The minimum Gasteiger partial charge on any atom is -0.326 e. The molecule has 0 saturated heterocycles. The van der Waals surface area contributed by atoms with Gasteiger partial charge in [0.15, 0.2) is 0 Å². The average Bonchev–Trinajstić information content (AvgIpc) is 2.27. The van der Waals surface area contributed by atoms with Crippen molar-refractivity contribution in [3.8, 4) is 0 Å². The molecular weight excluding hydrogens is 241 g/mol. The molecule has 1 aliphatic rings. The van der Waals surface area contributed by atoms with Crippen molar-refractivity contribution >= 4 is 0 Å². The van der Waals surface area contributed by atoms with Crippen LogP contribution in [0.4, 0.5) is 13.2 Å². The van der Waals surface area contributed by atoms with E-state index in [9.17, 15) is 13.2 Å². The zero-order valence-electron chi connectivity index (χ0n) is 11.3. The van der Waals surface area contributed by atoms with Crippen LogP contribution in [-0.4, -0.2) is 36.2 Å². The summed E-state index contributed by atoms with van der Waals surface area (Å²) >= 11 is 0. The maximum Gasteiger partial charge on any atom is 0.401 e. The molecule has 5 heteroatoms. The molecule has 3 atom stereocenters. The van der Waals surface area contributed by atoms with E-state index in [4.69, 9.17) is 5.73 Å². The normalized spacial score (nSPS) is 29.8. The quantitative estimate of drug-likeness (QED) is 0.828. The Morgan fingerprint density at radius 1 is 1.22 bits per heavy atom. The predicted molar refractivity (Wildman–Crippen MR) is 67.3 cm³/mol. The second-order valence-corrected chi connectivity index (χ2v) is 5.40. The van der Waals surface area contributed by atoms with Crippen molar-refractivity contribution in [2.45, 2.75) is 64.2 Å². The minimum atomic E-state index is -4.13. The first-order chi connectivity index (χ1) is 8.37. The number of alkyl halides is 3. The Morgan fingerprint density at radius 3 is 2.39 bits per heavy atom. The van der Waals surface area contributed by atoms with Crippen molar-refractivity contribution in [1.82, 2.24) is 4.90 Å². The summed E-state index contributed by atoms with van der Waals surface area (Å²) in [7, 11) is 0. The van der Waals surface area contributed by atoms with Crippen molar-refractivity contribution in [2.24, 2.45) is 11.7 Å². The number of nitrogens with zero attached hydrogens (tertiary/aromatic N) is 1. The Bertz CT molecular complexity index is 243. The lowest BCUT2D eigenvalue weighted by molar-refractivity contribution is -0.153. The van der Waals surface area contributed by atoms with Crippen LogP contribution < -0.4 is 5.73 Å². The van der Waals surface area contributed by atoms with E-state index in [-0.39, 0.29) is 12.1 Å². The molecule has 1 rings (SSSR count). The third-order valence-electron chi connectivity index (χ3n) is 3.92. The number of halogens is 3. The molecule has 2 nitrogen and oxygen atoms in total. The van der Waals surface area contributed by atoms with Crippen molar-refractivity contribution in [3.63, 3.8) is 0 Å². The topological polar surface area (TPSA) is 29.3 Å². The smallest absolute Gasteiger partial charge is 0.326 e. The summed E-state index contributed by atoms with van der Waals surface area (Å²) in [5.74, 6) is 0.530. The van der Waals surface area contributed by atoms with Gasteiger partial charge in [-0.05, 0) is 38.1 Å². The molecule has 0 heterocycles. The van der Waals surface area contributed by atoms with Crippen LogP contribution in [0.3, 0.4) is 0 Å². The summed E-state index contributed by atoms with van der Waals surface area (Å²) in [6.07, 6.45) is 0.356. The van der Waals surface area contributed by atoms with Gasteiger partial charge in [0.1, 0.15) is 0 Å². The molecule has 0 bridgehead atoms. The van der Waals surface area contributed by atoms with E-state index < -0.39 is 12.7 Å². The van der Waals surface area contributed by atoms with E-state index in [2.05, 4.69) is 6.92 Å². The number of rotatable bonds is 5. The lowest BCUT2D eigenvalue weighted by Gasteiger charge is -2.41. The van der Waals surface area contributed by atoms with Crippen LogP contribution in [0.1, 0.15) is 46.0 Å². The fraction of sp³-hybridized carbons (Fsp3) is 1.00. The van der Waals surface area contributed by atoms with Gasteiger partial charge in [0.25, 0.3) is 0 Å². The Kier molecular flexibility index (Phi) is 5.92. The highest BCUT2D eigenvalue weighted by atomic mass is 19.4. The zero-order valence-corrected chi connectivity index (χ0v) is 11.3. The lowest BCUT2D eigenvalue weighted by Crippen LogP contribution is -2.53. The molecule has 1 saturated carbocycles.